The van der Waals surface area contributed by atoms with Crippen molar-refractivity contribution in [3.05, 3.63) is 0 Å². The molecule has 0 bridgehead atoms. The van der Waals surface area contributed by atoms with Crippen molar-refractivity contribution in [3.63, 3.8) is 0 Å². The first kappa shape index (κ1) is 9.88. The zero-order chi connectivity index (χ0) is 10.8. The molecule has 7 nitrogen and oxygen atoms in total. The minimum Gasteiger partial charge on any atom is -0.481 e. The van der Waals surface area contributed by atoms with Gasteiger partial charge in [0.1, 0.15) is 0 Å². The number of nitrogens with one attached hydrogen (secondary N) is 1. The Hall–Kier alpha value is -1.66. The number of carbonyl (C=O) groups is 1. The molecule has 2 N–H and O–H groups in total. The van der Waals surface area contributed by atoms with E-state index in [9.17, 15) is 4.79 Å². The van der Waals surface area contributed by atoms with E-state index in [1.165, 1.54) is 4.68 Å². The van der Waals surface area contributed by atoms with Gasteiger partial charge in [-0.25, -0.2) is 4.68 Å². The van der Waals surface area contributed by atoms with Crippen molar-refractivity contribution in [2.75, 3.05) is 5.32 Å². The number of nitrogens with zero attached hydrogens (tertiary/aromatic N) is 4. The maximum Gasteiger partial charge on any atom is 0.308 e. The summed E-state index contributed by atoms with van der Waals surface area (Å²) in [4.78, 5) is 10.9. The first-order valence-corrected chi connectivity index (χ1v) is 4.90. The van der Waals surface area contributed by atoms with E-state index in [4.69, 9.17) is 5.11 Å². The number of tetrazole rings is 1. The van der Waals surface area contributed by atoms with Gasteiger partial charge in [0.2, 0.25) is 5.95 Å². The predicted octanol–water partition coefficient (Wildman–Crippen LogP) is -0.125. The lowest BCUT2D eigenvalue weighted by Gasteiger charge is -2.16. The Morgan fingerprint density at radius 3 is 3.00 bits per heavy atom. The molecule has 2 rings (SSSR count). The Bertz CT molecular complexity index is 364. The van der Waals surface area contributed by atoms with Crippen LogP contribution in [-0.4, -0.2) is 37.3 Å². The Morgan fingerprint density at radius 1 is 1.60 bits per heavy atom. The zero-order valence-corrected chi connectivity index (χ0v) is 8.42. The maximum atomic E-state index is 10.9. The van der Waals surface area contributed by atoms with Crippen LogP contribution in [0.15, 0.2) is 0 Å². The van der Waals surface area contributed by atoms with Gasteiger partial charge in [0.25, 0.3) is 0 Å². The number of hydrogen-bond acceptors (Lipinski definition) is 5. The van der Waals surface area contributed by atoms with E-state index in [0.29, 0.717) is 5.95 Å². The lowest BCUT2D eigenvalue weighted by atomic mass is 10.0. The number of aliphatic carboxylic acids is 1. The summed E-state index contributed by atoms with van der Waals surface area (Å²) in [6, 6.07) is -0.0628. The van der Waals surface area contributed by atoms with Gasteiger partial charge in [-0.2, -0.15) is 0 Å². The minimum absolute atomic E-state index is 0.0628. The molecule has 0 unspecified atom stereocenters. The molecule has 1 saturated carbocycles. The molecule has 82 valence electrons. The number of aryl methyl sites for hydroxylation is 1. The number of carboxylic acid groups (broad SMARTS) is 1. The smallest absolute Gasteiger partial charge is 0.308 e. The van der Waals surface area contributed by atoms with E-state index in [1.54, 1.807) is 7.05 Å². The van der Waals surface area contributed by atoms with Crippen molar-refractivity contribution < 1.29 is 9.90 Å². The van der Waals surface area contributed by atoms with Crippen molar-refractivity contribution in [2.45, 2.75) is 25.3 Å². The second kappa shape index (κ2) is 3.84. The monoisotopic (exact) mass is 211 g/mol. The van der Waals surface area contributed by atoms with Crippen molar-refractivity contribution in [3.8, 4) is 0 Å². The summed E-state index contributed by atoms with van der Waals surface area (Å²) in [5.74, 6) is -0.560. The largest absolute Gasteiger partial charge is 0.481 e. The van der Waals surface area contributed by atoms with Crippen molar-refractivity contribution in [1.29, 1.82) is 0 Å². The number of carboxylic acids is 1. The fourth-order valence-electron chi connectivity index (χ4n) is 1.95. The molecule has 1 aromatic heterocycles. The Balaban J connectivity index is 2.06. The average molecular weight is 211 g/mol. The molecule has 15 heavy (non-hydrogen) atoms. The van der Waals surface area contributed by atoms with Gasteiger partial charge in [-0.1, -0.05) is 11.5 Å². The molecule has 0 saturated heterocycles. The second-order valence-electron chi connectivity index (χ2n) is 3.75. The third kappa shape index (κ3) is 1.90. The predicted molar refractivity (Wildman–Crippen MR) is 51.2 cm³/mol. The molecule has 1 heterocycles. The Labute approximate surface area is 86.5 Å². The van der Waals surface area contributed by atoms with Crippen LogP contribution in [0, 0.1) is 5.92 Å². The second-order valence-corrected chi connectivity index (χ2v) is 3.75. The van der Waals surface area contributed by atoms with Crippen LogP contribution in [-0.2, 0) is 11.8 Å². The molecule has 1 aliphatic carbocycles. The van der Waals surface area contributed by atoms with Crippen LogP contribution >= 0.6 is 0 Å². The van der Waals surface area contributed by atoms with Crippen molar-refractivity contribution in [1.82, 2.24) is 20.2 Å². The summed E-state index contributed by atoms with van der Waals surface area (Å²) in [5, 5.41) is 23.0. The van der Waals surface area contributed by atoms with E-state index >= 15 is 0 Å². The van der Waals surface area contributed by atoms with Gasteiger partial charge in [0.15, 0.2) is 0 Å². The maximum absolute atomic E-state index is 10.9. The first-order valence-electron chi connectivity index (χ1n) is 4.90. The minimum atomic E-state index is -0.750. The standard InChI is InChI=1S/C8H13N5O2/c1-13-8(10-11-12-13)9-6-4-2-3-5(6)7(14)15/h5-6H,2-4H2,1H3,(H,14,15)(H,9,10,12)/t5-,6+/m0/s1. The number of rotatable bonds is 3. The van der Waals surface area contributed by atoms with E-state index in [2.05, 4.69) is 20.8 Å². The van der Waals surface area contributed by atoms with Gasteiger partial charge in [-0.3, -0.25) is 4.79 Å². The van der Waals surface area contributed by atoms with Crippen LogP contribution in [0.1, 0.15) is 19.3 Å². The molecule has 0 aliphatic heterocycles. The number of aromatic nitrogens is 4. The molecular formula is C8H13N5O2. The SMILES string of the molecule is Cn1nnnc1N[C@@H]1CCC[C@@H]1C(=O)O. The van der Waals surface area contributed by atoms with E-state index in [0.717, 1.165) is 19.3 Å². The highest BCUT2D eigenvalue weighted by Gasteiger charge is 2.33. The number of anilines is 1. The Kier molecular flexibility index (Phi) is 2.53. The molecule has 0 radical (unpaired) electrons. The third-order valence-electron chi connectivity index (χ3n) is 2.77. The molecule has 1 aliphatic rings. The molecular weight excluding hydrogens is 198 g/mol. The van der Waals surface area contributed by atoms with Gasteiger partial charge >= 0.3 is 5.97 Å². The van der Waals surface area contributed by atoms with E-state index in [1.807, 2.05) is 0 Å². The lowest BCUT2D eigenvalue weighted by molar-refractivity contribution is -0.141. The third-order valence-corrected chi connectivity index (χ3v) is 2.77. The molecule has 0 amide bonds. The average Bonchev–Trinajstić information content (AvgIpc) is 2.77. The van der Waals surface area contributed by atoms with Gasteiger partial charge < -0.3 is 10.4 Å². The first-order chi connectivity index (χ1) is 7.18. The fourth-order valence-corrected chi connectivity index (χ4v) is 1.95. The molecule has 0 aromatic carbocycles. The van der Waals surface area contributed by atoms with Crippen LogP contribution in [0.25, 0.3) is 0 Å². The zero-order valence-electron chi connectivity index (χ0n) is 8.42. The fraction of sp³-hybridized carbons (Fsp3) is 0.750. The summed E-state index contributed by atoms with van der Waals surface area (Å²) in [6.07, 6.45) is 2.50. The summed E-state index contributed by atoms with van der Waals surface area (Å²) >= 11 is 0. The molecule has 1 fully saturated rings. The molecule has 7 heteroatoms. The van der Waals surface area contributed by atoms with Crippen molar-refractivity contribution >= 4 is 11.9 Å². The van der Waals surface area contributed by atoms with Gasteiger partial charge in [-0.15, -0.1) is 0 Å². The summed E-state index contributed by atoms with van der Waals surface area (Å²) in [6.45, 7) is 0. The van der Waals surface area contributed by atoms with Crippen LogP contribution in [0.4, 0.5) is 5.95 Å². The summed E-state index contributed by atoms with van der Waals surface area (Å²) < 4.78 is 1.50. The van der Waals surface area contributed by atoms with Gasteiger partial charge in [0, 0.05) is 13.1 Å². The highest BCUT2D eigenvalue weighted by molar-refractivity contribution is 5.71. The van der Waals surface area contributed by atoms with E-state index < -0.39 is 5.97 Å². The summed E-state index contributed by atoms with van der Waals surface area (Å²) in [7, 11) is 1.72. The van der Waals surface area contributed by atoms with Crippen LogP contribution in [0.2, 0.25) is 0 Å². The molecule has 1 aromatic rings. The van der Waals surface area contributed by atoms with Crippen LogP contribution in [0.5, 0.6) is 0 Å². The lowest BCUT2D eigenvalue weighted by Crippen LogP contribution is -2.30. The quantitative estimate of drug-likeness (QED) is 0.723. The van der Waals surface area contributed by atoms with Gasteiger partial charge in [0.05, 0.1) is 5.92 Å². The normalized spacial score (nSPS) is 25.4. The number of hydrogen-bond donors (Lipinski definition) is 2. The van der Waals surface area contributed by atoms with E-state index in [-0.39, 0.29) is 12.0 Å². The highest BCUT2D eigenvalue weighted by atomic mass is 16.4. The highest BCUT2D eigenvalue weighted by Crippen LogP contribution is 2.27. The Morgan fingerprint density at radius 2 is 2.40 bits per heavy atom. The summed E-state index contributed by atoms with van der Waals surface area (Å²) in [5.41, 5.74) is 0. The van der Waals surface area contributed by atoms with Crippen molar-refractivity contribution in [2.24, 2.45) is 13.0 Å². The molecule has 0 spiro atoms. The molecule has 2 atom stereocenters. The van der Waals surface area contributed by atoms with Crippen LogP contribution in [0.3, 0.4) is 0 Å². The van der Waals surface area contributed by atoms with Crippen LogP contribution < -0.4 is 5.32 Å². The topological polar surface area (TPSA) is 92.9 Å². The van der Waals surface area contributed by atoms with Gasteiger partial charge in [-0.05, 0) is 23.3 Å².